The van der Waals surface area contributed by atoms with Gasteiger partial charge < -0.3 is 10.6 Å². The van der Waals surface area contributed by atoms with Crippen LogP contribution < -0.4 is 10.6 Å². The quantitative estimate of drug-likeness (QED) is 0.843. The molecule has 1 aromatic carbocycles. The van der Waals surface area contributed by atoms with Crippen LogP contribution in [0.5, 0.6) is 0 Å². The predicted molar refractivity (Wildman–Crippen MR) is 76.3 cm³/mol. The molecule has 1 aliphatic heterocycles. The van der Waals surface area contributed by atoms with Gasteiger partial charge in [-0.3, -0.25) is 4.79 Å². The zero-order chi connectivity index (χ0) is 13.1. The molecule has 96 valence electrons. The molecule has 1 atom stereocenters. The molecule has 1 unspecified atom stereocenters. The van der Waals surface area contributed by atoms with Gasteiger partial charge in [-0.25, -0.2) is 0 Å². The number of nitrogens with one attached hydrogen (secondary N) is 2. The fourth-order valence-corrected chi connectivity index (χ4v) is 2.08. The zero-order valence-corrected chi connectivity index (χ0v) is 12.2. The van der Waals surface area contributed by atoms with Crippen molar-refractivity contribution >= 4 is 21.8 Å². The summed E-state index contributed by atoms with van der Waals surface area (Å²) in [6, 6.07) is 8.03. The van der Waals surface area contributed by atoms with Crippen LogP contribution in [-0.2, 0) is 4.79 Å². The number of halogens is 1. The molecule has 0 bridgehead atoms. The lowest BCUT2D eigenvalue weighted by molar-refractivity contribution is -0.118. The molecule has 2 rings (SSSR count). The van der Waals surface area contributed by atoms with E-state index in [1.807, 2.05) is 38.1 Å². The van der Waals surface area contributed by atoms with Gasteiger partial charge in [-0.1, -0.05) is 28.1 Å². The Hall–Kier alpha value is -1.13. The van der Waals surface area contributed by atoms with Crippen LogP contribution in [0.4, 0.5) is 0 Å². The Bertz CT molecular complexity index is 473. The minimum atomic E-state index is 0.0224. The van der Waals surface area contributed by atoms with E-state index in [1.165, 1.54) is 5.57 Å². The van der Waals surface area contributed by atoms with E-state index in [1.54, 1.807) is 0 Å². The zero-order valence-electron chi connectivity index (χ0n) is 10.6. The number of amides is 1. The summed E-state index contributed by atoms with van der Waals surface area (Å²) in [6.45, 7) is 5.57. The Kier molecular flexibility index (Phi) is 4.19. The normalized spacial score (nSPS) is 15.8. The second-order valence-corrected chi connectivity index (χ2v) is 5.49. The Labute approximate surface area is 116 Å². The van der Waals surface area contributed by atoms with Crippen molar-refractivity contribution in [3.8, 4) is 0 Å². The first-order valence-electron chi connectivity index (χ1n) is 6.03. The van der Waals surface area contributed by atoms with Gasteiger partial charge in [0, 0.05) is 23.1 Å². The fourth-order valence-electron chi connectivity index (χ4n) is 1.82. The van der Waals surface area contributed by atoms with Gasteiger partial charge in [0.2, 0.25) is 5.91 Å². The number of hydrogen-bond acceptors (Lipinski definition) is 2. The lowest BCUT2D eigenvalue weighted by Gasteiger charge is -2.22. The van der Waals surface area contributed by atoms with E-state index in [2.05, 4.69) is 26.6 Å². The highest BCUT2D eigenvalue weighted by Gasteiger charge is 2.17. The topological polar surface area (TPSA) is 41.1 Å². The maximum absolute atomic E-state index is 12.0. The summed E-state index contributed by atoms with van der Waals surface area (Å²) < 4.78 is 1.05. The first-order chi connectivity index (χ1) is 8.58. The summed E-state index contributed by atoms with van der Waals surface area (Å²) in [7, 11) is 0. The van der Waals surface area contributed by atoms with Gasteiger partial charge in [0.05, 0.1) is 6.04 Å². The van der Waals surface area contributed by atoms with Crippen molar-refractivity contribution in [2.24, 2.45) is 0 Å². The van der Waals surface area contributed by atoms with Gasteiger partial charge in [-0.15, -0.1) is 0 Å². The predicted octanol–water partition coefficient (Wildman–Crippen LogP) is 2.55. The average molecular weight is 309 g/mol. The average Bonchev–Trinajstić information content (AvgIpc) is 2.27. The standard InChI is InChI=1S/C14H17BrN2O/c1-9(12-7-16-8-12)14(18)17-10(2)11-3-5-13(15)6-4-11/h3-6,10,16H,7-8H2,1-2H3,(H,17,18). The molecule has 1 aromatic rings. The molecule has 4 heteroatoms. The van der Waals surface area contributed by atoms with Crippen molar-refractivity contribution < 1.29 is 4.79 Å². The van der Waals surface area contributed by atoms with Crippen LogP contribution in [-0.4, -0.2) is 19.0 Å². The number of hydrogen-bond donors (Lipinski definition) is 2. The van der Waals surface area contributed by atoms with E-state index < -0.39 is 0 Å². The number of benzene rings is 1. The Morgan fingerprint density at radius 3 is 2.44 bits per heavy atom. The van der Waals surface area contributed by atoms with Gasteiger partial charge in [-0.05, 0) is 37.1 Å². The Morgan fingerprint density at radius 1 is 1.33 bits per heavy atom. The third-order valence-electron chi connectivity index (χ3n) is 3.27. The van der Waals surface area contributed by atoms with E-state index in [9.17, 15) is 4.79 Å². The lowest BCUT2D eigenvalue weighted by Crippen LogP contribution is -2.38. The molecular weight excluding hydrogens is 292 g/mol. The summed E-state index contributed by atoms with van der Waals surface area (Å²) in [5.41, 5.74) is 3.16. The maximum Gasteiger partial charge on any atom is 0.247 e. The molecule has 1 fully saturated rings. The minimum Gasteiger partial charge on any atom is -0.346 e. The third kappa shape index (κ3) is 3.00. The molecule has 1 amide bonds. The van der Waals surface area contributed by atoms with Crippen LogP contribution in [0, 0.1) is 0 Å². The highest BCUT2D eigenvalue weighted by atomic mass is 79.9. The molecule has 1 saturated heterocycles. The number of carbonyl (C=O) groups excluding carboxylic acids is 1. The monoisotopic (exact) mass is 308 g/mol. The van der Waals surface area contributed by atoms with Crippen molar-refractivity contribution in [2.45, 2.75) is 19.9 Å². The summed E-state index contributed by atoms with van der Waals surface area (Å²) in [6.07, 6.45) is 0. The first kappa shape index (κ1) is 13.3. The van der Waals surface area contributed by atoms with Crippen molar-refractivity contribution in [2.75, 3.05) is 13.1 Å². The molecule has 0 aromatic heterocycles. The SMILES string of the molecule is CC(C(=O)NC(C)c1ccc(Br)cc1)=C1CNC1. The largest absolute Gasteiger partial charge is 0.346 e. The van der Waals surface area contributed by atoms with E-state index in [0.717, 1.165) is 28.7 Å². The maximum atomic E-state index is 12.0. The highest BCUT2D eigenvalue weighted by Crippen LogP contribution is 2.17. The summed E-state index contributed by atoms with van der Waals surface area (Å²) in [5, 5.41) is 6.17. The van der Waals surface area contributed by atoms with E-state index in [-0.39, 0.29) is 11.9 Å². The molecule has 3 nitrogen and oxygen atoms in total. The molecule has 2 N–H and O–H groups in total. The van der Waals surface area contributed by atoms with Crippen LogP contribution in [0.25, 0.3) is 0 Å². The summed E-state index contributed by atoms with van der Waals surface area (Å²) in [4.78, 5) is 12.0. The van der Waals surface area contributed by atoms with Crippen LogP contribution in [0.3, 0.4) is 0 Å². The van der Waals surface area contributed by atoms with Crippen molar-refractivity contribution in [1.29, 1.82) is 0 Å². The third-order valence-corrected chi connectivity index (χ3v) is 3.79. The molecule has 0 spiro atoms. The van der Waals surface area contributed by atoms with Gasteiger partial charge in [0.25, 0.3) is 0 Å². The van der Waals surface area contributed by atoms with Gasteiger partial charge >= 0.3 is 0 Å². The van der Waals surface area contributed by atoms with E-state index >= 15 is 0 Å². The number of carbonyl (C=O) groups is 1. The fraction of sp³-hybridized carbons (Fsp3) is 0.357. The van der Waals surface area contributed by atoms with Crippen LogP contribution >= 0.6 is 15.9 Å². The second-order valence-electron chi connectivity index (χ2n) is 4.58. The highest BCUT2D eigenvalue weighted by molar-refractivity contribution is 9.10. The van der Waals surface area contributed by atoms with Crippen molar-refractivity contribution in [3.63, 3.8) is 0 Å². The van der Waals surface area contributed by atoms with Gasteiger partial charge in [0.1, 0.15) is 0 Å². The first-order valence-corrected chi connectivity index (χ1v) is 6.83. The lowest BCUT2D eigenvalue weighted by atomic mass is 10.0. The molecule has 1 heterocycles. The van der Waals surface area contributed by atoms with Gasteiger partial charge in [-0.2, -0.15) is 0 Å². The molecule has 1 aliphatic rings. The molecular formula is C14H17BrN2O. The Balaban J connectivity index is 2.01. The molecule has 0 saturated carbocycles. The summed E-state index contributed by atoms with van der Waals surface area (Å²) in [5.74, 6) is 0.0296. The van der Waals surface area contributed by atoms with E-state index in [0.29, 0.717) is 0 Å². The van der Waals surface area contributed by atoms with E-state index in [4.69, 9.17) is 0 Å². The molecule has 0 radical (unpaired) electrons. The Morgan fingerprint density at radius 2 is 1.94 bits per heavy atom. The second kappa shape index (κ2) is 5.67. The molecule has 0 aliphatic carbocycles. The van der Waals surface area contributed by atoms with Crippen molar-refractivity contribution in [1.82, 2.24) is 10.6 Å². The van der Waals surface area contributed by atoms with Crippen LogP contribution in [0.2, 0.25) is 0 Å². The number of rotatable bonds is 3. The smallest absolute Gasteiger partial charge is 0.247 e. The van der Waals surface area contributed by atoms with Crippen LogP contribution in [0.15, 0.2) is 39.9 Å². The molecule has 18 heavy (non-hydrogen) atoms. The minimum absolute atomic E-state index is 0.0224. The van der Waals surface area contributed by atoms with Crippen molar-refractivity contribution in [3.05, 3.63) is 45.4 Å². The van der Waals surface area contributed by atoms with Crippen LogP contribution in [0.1, 0.15) is 25.5 Å². The van der Waals surface area contributed by atoms with Gasteiger partial charge in [0.15, 0.2) is 0 Å². The summed E-state index contributed by atoms with van der Waals surface area (Å²) >= 11 is 3.40.